The molecule has 320 valence electrons. The third-order valence-electron chi connectivity index (χ3n) is 9.38. The zero-order chi connectivity index (χ0) is 44.2. The fourth-order valence-electron chi connectivity index (χ4n) is 6.73. The van der Waals surface area contributed by atoms with Crippen molar-refractivity contribution in [3.8, 4) is 17.3 Å². The van der Waals surface area contributed by atoms with Crippen molar-refractivity contribution in [1.82, 2.24) is 15.0 Å². The van der Waals surface area contributed by atoms with E-state index in [0.717, 1.165) is 43.5 Å². The highest BCUT2D eigenvalue weighted by atomic mass is 35.5. The SMILES string of the molecule is O=C(CCCOc1nc(N2CC3CCC(C3)C2)c2cnc(-c3cccc4cccc(Cl)c34)c(F)c2n1)c1ccc(S(=O)(=O)F)cc1.O=C(O)C(F)(F)F.O=C(O)C(F)(F)F. The summed E-state index contributed by atoms with van der Waals surface area (Å²) in [5.74, 6) is -4.70. The largest absolute Gasteiger partial charge is 0.490 e. The maximum atomic E-state index is 16.5. The summed E-state index contributed by atoms with van der Waals surface area (Å²) in [7, 11) is -4.85. The smallest absolute Gasteiger partial charge is 0.475 e. The molecule has 5 aromatic rings. The first-order chi connectivity index (χ1) is 28.0. The molecule has 2 N–H and O–H groups in total. The number of ketones is 1. The van der Waals surface area contributed by atoms with E-state index < -0.39 is 45.2 Å². The molecule has 12 nitrogen and oxygen atoms in total. The average molecular weight is 891 g/mol. The van der Waals surface area contributed by atoms with E-state index in [4.69, 9.17) is 41.1 Å². The van der Waals surface area contributed by atoms with E-state index in [9.17, 15) is 43.4 Å². The molecule has 22 heteroatoms. The number of carbonyl (C=O) groups excluding carboxylic acids is 1. The lowest BCUT2D eigenvalue weighted by Gasteiger charge is -2.33. The van der Waals surface area contributed by atoms with Gasteiger partial charge < -0.3 is 19.8 Å². The number of nitrogens with zero attached hydrogens (tertiary/aromatic N) is 4. The molecule has 1 saturated heterocycles. The van der Waals surface area contributed by atoms with Gasteiger partial charge in [0.05, 0.1) is 16.9 Å². The minimum Gasteiger partial charge on any atom is -0.475 e. The van der Waals surface area contributed by atoms with Gasteiger partial charge in [0.25, 0.3) is 0 Å². The Balaban J connectivity index is 0.000000420. The molecular formula is C38H31ClF8N4O8S. The van der Waals surface area contributed by atoms with Gasteiger partial charge in [-0.1, -0.05) is 54.1 Å². The van der Waals surface area contributed by atoms with Crippen molar-refractivity contribution >= 4 is 67.0 Å². The molecule has 7 rings (SSSR count). The van der Waals surface area contributed by atoms with E-state index in [1.165, 1.54) is 18.6 Å². The number of fused-ring (bicyclic) bond motifs is 4. The van der Waals surface area contributed by atoms with Crippen LogP contribution in [-0.4, -0.2) is 83.4 Å². The molecule has 0 radical (unpaired) electrons. The predicted molar refractivity (Wildman–Crippen MR) is 199 cm³/mol. The molecule has 2 aromatic heterocycles. The van der Waals surface area contributed by atoms with Gasteiger partial charge in [0.15, 0.2) is 11.6 Å². The molecule has 2 unspecified atom stereocenters. The highest BCUT2D eigenvalue weighted by Gasteiger charge is 2.39. The second kappa shape index (κ2) is 18.3. The third kappa shape index (κ3) is 11.1. The first-order valence-electron chi connectivity index (χ1n) is 17.6. The van der Waals surface area contributed by atoms with Gasteiger partial charge in [0.2, 0.25) is 0 Å². The van der Waals surface area contributed by atoms with Gasteiger partial charge in [-0.05, 0) is 61.1 Å². The van der Waals surface area contributed by atoms with Crippen LogP contribution in [0, 0.1) is 17.7 Å². The number of halogens is 9. The lowest BCUT2D eigenvalue weighted by Crippen LogP contribution is -2.37. The van der Waals surface area contributed by atoms with E-state index >= 15 is 4.39 Å². The quantitative estimate of drug-likeness (QED) is 0.0623. The van der Waals surface area contributed by atoms with Gasteiger partial charge in [-0.3, -0.25) is 9.78 Å². The first-order valence-corrected chi connectivity index (χ1v) is 19.4. The van der Waals surface area contributed by atoms with Crippen LogP contribution in [0.4, 0.5) is 40.4 Å². The molecule has 0 amide bonds. The predicted octanol–water partition coefficient (Wildman–Crippen LogP) is 8.84. The molecule has 3 aromatic carbocycles. The number of hydrogen-bond donors (Lipinski definition) is 2. The molecule has 2 bridgehead atoms. The monoisotopic (exact) mass is 890 g/mol. The van der Waals surface area contributed by atoms with Crippen LogP contribution in [0.1, 0.15) is 42.5 Å². The number of carboxylic acid groups (broad SMARTS) is 2. The van der Waals surface area contributed by atoms with Crippen LogP contribution in [0.15, 0.2) is 71.8 Å². The number of ether oxygens (including phenoxy) is 1. The van der Waals surface area contributed by atoms with Crippen LogP contribution in [0.25, 0.3) is 32.9 Å². The Morgan fingerprint density at radius 3 is 1.98 bits per heavy atom. The standard InChI is InChI=1S/C34H29ClF2N4O4S.2C2HF3O2/c35-27-7-2-5-23-4-1-6-25(29(23)27)31-30(36)32-26(17-38-31)33(41-18-20-9-10-21(16-20)19-41)40-34(39-32)45-15-3-8-28(42)22-11-13-24(14-12-22)46(37,43)44;2*3-2(4,5)1(6)7/h1-2,4-7,11-14,17,20-21H,3,8-10,15-16,18-19H2;2*(H,6,7). The number of carboxylic acids is 2. The minimum atomic E-state index is -5.08. The molecule has 0 spiro atoms. The Morgan fingerprint density at radius 2 is 1.43 bits per heavy atom. The number of rotatable bonds is 9. The highest BCUT2D eigenvalue weighted by Crippen LogP contribution is 2.41. The number of aromatic nitrogens is 3. The molecule has 2 aliphatic rings. The van der Waals surface area contributed by atoms with Crippen LogP contribution in [0.5, 0.6) is 6.01 Å². The number of anilines is 1. The molecule has 1 saturated carbocycles. The number of aliphatic carboxylic acids is 2. The van der Waals surface area contributed by atoms with Crippen LogP contribution >= 0.6 is 11.6 Å². The topological polar surface area (TPSA) is 177 Å². The molecule has 1 aliphatic heterocycles. The van der Waals surface area contributed by atoms with Crippen molar-refractivity contribution in [2.24, 2.45) is 11.8 Å². The zero-order valence-electron chi connectivity index (χ0n) is 30.6. The van der Waals surface area contributed by atoms with Gasteiger partial charge in [-0.15, -0.1) is 3.89 Å². The Labute approximate surface area is 340 Å². The number of pyridine rings is 1. The number of hydrogen-bond acceptors (Lipinski definition) is 10. The van der Waals surface area contributed by atoms with E-state index in [2.05, 4.69) is 14.9 Å². The van der Waals surface area contributed by atoms with Crippen molar-refractivity contribution in [2.75, 3.05) is 24.6 Å². The van der Waals surface area contributed by atoms with E-state index in [0.29, 0.717) is 45.4 Å². The number of benzene rings is 3. The Hall–Kier alpha value is -5.70. The van der Waals surface area contributed by atoms with Crippen LogP contribution < -0.4 is 9.64 Å². The van der Waals surface area contributed by atoms with Crippen LogP contribution in [-0.2, 0) is 19.8 Å². The number of alkyl halides is 6. The van der Waals surface area contributed by atoms with Crippen molar-refractivity contribution in [3.05, 3.63) is 83.3 Å². The molecular weight excluding hydrogens is 860 g/mol. The third-order valence-corrected chi connectivity index (χ3v) is 10.5. The summed E-state index contributed by atoms with van der Waals surface area (Å²) in [5.41, 5.74) is 1.02. The fraction of sp³-hybridized carbons (Fsp3) is 0.316. The molecule has 1 aliphatic carbocycles. The van der Waals surface area contributed by atoms with Gasteiger partial charge >= 0.3 is 40.5 Å². The summed E-state index contributed by atoms with van der Waals surface area (Å²) in [6, 6.07) is 15.7. The van der Waals surface area contributed by atoms with Crippen LogP contribution in [0.2, 0.25) is 5.02 Å². The maximum Gasteiger partial charge on any atom is 0.490 e. The maximum absolute atomic E-state index is 16.5. The number of piperidine rings is 1. The van der Waals surface area contributed by atoms with Crippen LogP contribution in [0.3, 0.4) is 0 Å². The Kier molecular flexibility index (Phi) is 13.8. The minimum absolute atomic E-state index is 0.00243. The summed E-state index contributed by atoms with van der Waals surface area (Å²) in [4.78, 5) is 45.9. The van der Waals surface area contributed by atoms with E-state index in [1.54, 1.807) is 18.3 Å². The molecule has 2 fully saturated rings. The lowest BCUT2D eigenvalue weighted by molar-refractivity contribution is -0.193. The normalized spacial score (nSPS) is 16.4. The van der Waals surface area contributed by atoms with Crippen molar-refractivity contribution in [3.63, 3.8) is 0 Å². The summed E-state index contributed by atoms with van der Waals surface area (Å²) in [6.07, 6.45) is -4.66. The Bertz CT molecular complexity index is 2480. The van der Waals surface area contributed by atoms with Crippen molar-refractivity contribution in [2.45, 2.75) is 49.4 Å². The Morgan fingerprint density at radius 1 is 0.867 bits per heavy atom. The number of carbonyl (C=O) groups is 3. The van der Waals surface area contributed by atoms with Gasteiger partial charge in [0.1, 0.15) is 17.0 Å². The summed E-state index contributed by atoms with van der Waals surface area (Å²) >= 11 is 6.56. The lowest BCUT2D eigenvalue weighted by atomic mass is 9.98. The average Bonchev–Trinajstić information content (AvgIpc) is 3.52. The van der Waals surface area contributed by atoms with Crippen molar-refractivity contribution < 1.29 is 72.4 Å². The molecule has 60 heavy (non-hydrogen) atoms. The van der Waals surface area contributed by atoms with E-state index in [-0.39, 0.29) is 41.6 Å². The molecule has 3 heterocycles. The second-order valence-corrected chi connectivity index (χ2v) is 15.3. The van der Waals surface area contributed by atoms with Gasteiger partial charge in [0, 0.05) is 47.2 Å². The van der Waals surface area contributed by atoms with Gasteiger partial charge in [-0.25, -0.2) is 14.0 Å². The van der Waals surface area contributed by atoms with Crippen molar-refractivity contribution in [1.29, 1.82) is 0 Å². The summed E-state index contributed by atoms with van der Waals surface area (Å²) in [5, 5.41) is 16.8. The van der Waals surface area contributed by atoms with Gasteiger partial charge in [-0.2, -0.15) is 44.7 Å². The fourth-order valence-corrected chi connectivity index (χ4v) is 7.48. The zero-order valence-corrected chi connectivity index (χ0v) is 32.2. The van der Waals surface area contributed by atoms with E-state index in [1.807, 2.05) is 24.3 Å². The first kappa shape index (κ1) is 45.4. The summed E-state index contributed by atoms with van der Waals surface area (Å²) < 4.78 is 121. The second-order valence-electron chi connectivity index (χ2n) is 13.5. The molecule has 2 atom stereocenters. The summed E-state index contributed by atoms with van der Waals surface area (Å²) in [6.45, 7) is 1.69. The highest BCUT2D eigenvalue weighted by molar-refractivity contribution is 7.86. The number of Topliss-reactive ketones (excluding diaryl/α,β-unsaturated/α-hetero) is 1.